The summed E-state index contributed by atoms with van der Waals surface area (Å²) in [6.07, 6.45) is 2.82. The number of nitrogens with one attached hydrogen (secondary N) is 2. The van der Waals surface area contributed by atoms with Gasteiger partial charge in [-0.1, -0.05) is 6.07 Å². The van der Waals surface area contributed by atoms with Gasteiger partial charge in [0, 0.05) is 18.7 Å². The zero-order chi connectivity index (χ0) is 15.2. The lowest BCUT2D eigenvalue weighted by Crippen LogP contribution is -2.27. The lowest BCUT2D eigenvalue weighted by atomic mass is 10.2. The van der Waals surface area contributed by atoms with E-state index in [-0.39, 0.29) is 24.8 Å². The zero-order valence-electron chi connectivity index (χ0n) is 11.5. The minimum absolute atomic E-state index is 0.0968. The van der Waals surface area contributed by atoms with Crippen LogP contribution in [0.1, 0.15) is 22.3 Å². The summed E-state index contributed by atoms with van der Waals surface area (Å²) in [5.74, 6) is -1.01. The Hall–Kier alpha value is -2.63. The zero-order valence-corrected chi connectivity index (χ0v) is 11.5. The fraction of sp³-hybridized carbons (Fsp3) is 0.200. The molecule has 1 aromatic carbocycles. The predicted molar refractivity (Wildman–Crippen MR) is 75.4 cm³/mol. The molecule has 2 amide bonds. The van der Waals surface area contributed by atoms with Gasteiger partial charge in [-0.05, 0) is 30.7 Å². The van der Waals surface area contributed by atoms with Gasteiger partial charge in [0.25, 0.3) is 5.91 Å². The molecule has 2 N–H and O–H groups in total. The largest absolute Gasteiger partial charge is 0.472 e. The Morgan fingerprint density at radius 2 is 2.10 bits per heavy atom. The predicted octanol–water partition coefficient (Wildman–Crippen LogP) is 2.49. The van der Waals surface area contributed by atoms with Crippen molar-refractivity contribution in [2.24, 2.45) is 0 Å². The van der Waals surface area contributed by atoms with Crippen molar-refractivity contribution in [3.05, 3.63) is 53.7 Å². The molecule has 0 atom stereocenters. The second-order valence-electron chi connectivity index (χ2n) is 4.53. The number of amides is 2. The quantitative estimate of drug-likeness (QED) is 0.888. The molecule has 0 aliphatic rings. The highest BCUT2D eigenvalue weighted by Gasteiger charge is 2.09. The fourth-order valence-corrected chi connectivity index (χ4v) is 1.73. The van der Waals surface area contributed by atoms with E-state index >= 15 is 0 Å². The summed E-state index contributed by atoms with van der Waals surface area (Å²) in [5.41, 5.74) is 1.60. The van der Waals surface area contributed by atoms with E-state index in [1.165, 1.54) is 30.7 Å². The van der Waals surface area contributed by atoms with Gasteiger partial charge >= 0.3 is 0 Å². The molecule has 5 nitrogen and oxygen atoms in total. The van der Waals surface area contributed by atoms with E-state index in [1.54, 1.807) is 13.0 Å². The first-order valence-electron chi connectivity index (χ1n) is 6.42. The van der Waals surface area contributed by atoms with Gasteiger partial charge in [0.2, 0.25) is 5.91 Å². The summed E-state index contributed by atoms with van der Waals surface area (Å²) >= 11 is 0. The summed E-state index contributed by atoms with van der Waals surface area (Å²) in [4.78, 5) is 23.3. The van der Waals surface area contributed by atoms with Gasteiger partial charge in [-0.2, -0.15) is 0 Å². The van der Waals surface area contributed by atoms with Crippen LogP contribution in [0.25, 0.3) is 0 Å². The topological polar surface area (TPSA) is 71.3 Å². The number of carbonyl (C=O) groups is 2. The third-order valence-corrected chi connectivity index (χ3v) is 2.89. The van der Waals surface area contributed by atoms with E-state index in [9.17, 15) is 14.0 Å². The van der Waals surface area contributed by atoms with E-state index < -0.39 is 5.82 Å². The van der Waals surface area contributed by atoms with Crippen LogP contribution < -0.4 is 10.6 Å². The smallest absolute Gasteiger partial charge is 0.254 e. The highest BCUT2D eigenvalue weighted by Crippen LogP contribution is 2.15. The van der Waals surface area contributed by atoms with Gasteiger partial charge in [0.1, 0.15) is 12.1 Å². The van der Waals surface area contributed by atoms with E-state index in [0.29, 0.717) is 11.3 Å². The Balaban J connectivity index is 1.80. The summed E-state index contributed by atoms with van der Waals surface area (Å²) in [6, 6.07) is 5.71. The Kier molecular flexibility index (Phi) is 4.71. The van der Waals surface area contributed by atoms with Crippen molar-refractivity contribution in [3.63, 3.8) is 0 Å². The first-order valence-corrected chi connectivity index (χ1v) is 6.42. The molecule has 0 spiro atoms. The lowest BCUT2D eigenvalue weighted by Gasteiger charge is -2.08. The second-order valence-corrected chi connectivity index (χ2v) is 4.53. The monoisotopic (exact) mass is 290 g/mol. The number of aryl methyl sites for hydroxylation is 1. The van der Waals surface area contributed by atoms with Crippen LogP contribution in [-0.2, 0) is 4.79 Å². The maximum absolute atomic E-state index is 13.1. The highest BCUT2D eigenvalue weighted by atomic mass is 19.1. The molecule has 0 fully saturated rings. The molecule has 2 aromatic rings. The minimum Gasteiger partial charge on any atom is -0.472 e. The fourth-order valence-electron chi connectivity index (χ4n) is 1.73. The number of anilines is 1. The van der Waals surface area contributed by atoms with E-state index in [0.717, 1.165) is 5.56 Å². The molecule has 0 saturated heterocycles. The Morgan fingerprint density at radius 1 is 1.29 bits per heavy atom. The van der Waals surface area contributed by atoms with E-state index in [4.69, 9.17) is 4.42 Å². The number of hydrogen-bond donors (Lipinski definition) is 2. The van der Waals surface area contributed by atoms with Gasteiger partial charge in [-0.15, -0.1) is 0 Å². The molecule has 0 unspecified atom stereocenters. The van der Waals surface area contributed by atoms with Crippen LogP contribution in [0.5, 0.6) is 0 Å². The third kappa shape index (κ3) is 4.17. The van der Waals surface area contributed by atoms with Gasteiger partial charge in [-0.3, -0.25) is 9.59 Å². The third-order valence-electron chi connectivity index (χ3n) is 2.89. The lowest BCUT2D eigenvalue weighted by molar-refractivity contribution is -0.116. The molecule has 0 aliphatic carbocycles. The van der Waals surface area contributed by atoms with Crippen LogP contribution >= 0.6 is 0 Å². The molecule has 6 heteroatoms. The molecule has 1 aromatic heterocycles. The van der Waals surface area contributed by atoms with Crippen LogP contribution in [0.2, 0.25) is 0 Å². The first kappa shape index (κ1) is 14.8. The Labute approximate surface area is 121 Å². The highest BCUT2D eigenvalue weighted by molar-refractivity contribution is 5.95. The van der Waals surface area contributed by atoms with Crippen LogP contribution in [0, 0.1) is 12.7 Å². The second kappa shape index (κ2) is 6.69. The minimum atomic E-state index is -0.413. The maximum atomic E-state index is 13.1. The van der Waals surface area contributed by atoms with Crippen LogP contribution in [0.15, 0.2) is 41.2 Å². The molecule has 21 heavy (non-hydrogen) atoms. The SMILES string of the molecule is Cc1ccc(F)cc1NC(=O)CCNC(=O)c1ccoc1. The van der Waals surface area contributed by atoms with Crippen molar-refractivity contribution in [1.29, 1.82) is 0 Å². The normalized spacial score (nSPS) is 10.2. The number of rotatable bonds is 5. The summed E-state index contributed by atoms with van der Waals surface area (Å²) < 4.78 is 17.9. The Morgan fingerprint density at radius 3 is 2.81 bits per heavy atom. The van der Waals surface area contributed by atoms with Crippen LogP contribution in [0.3, 0.4) is 0 Å². The average molecular weight is 290 g/mol. The molecule has 0 bridgehead atoms. The maximum Gasteiger partial charge on any atom is 0.254 e. The molecule has 2 rings (SSSR count). The van der Waals surface area contributed by atoms with Crippen molar-refractivity contribution in [2.75, 3.05) is 11.9 Å². The number of hydrogen-bond acceptors (Lipinski definition) is 3. The molecule has 1 heterocycles. The van der Waals surface area contributed by atoms with Gasteiger partial charge in [-0.25, -0.2) is 4.39 Å². The van der Waals surface area contributed by atoms with Crippen molar-refractivity contribution < 1.29 is 18.4 Å². The van der Waals surface area contributed by atoms with Crippen molar-refractivity contribution in [1.82, 2.24) is 5.32 Å². The number of halogens is 1. The molecule has 0 aliphatic heterocycles. The Bertz CT molecular complexity index is 638. The molecule has 0 saturated carbocycles. The van der Waals surface area contributed by atoms with Crippen LogP contribution in [0.4, 0.5) is 10.1 Å². The molecule has 0 radical (unpaired) electrons. The van der Waals surface area contributed by atoms with Gasteiger partial charge < -0.3 is 15.1 Å². The number of carbonyl (C=O) groups excluding carboxylic acids is 2. The number of furan rings is 1. The molecular formula is C15H15FN2O3. The van der Waals surface area contributed by atoms with E-state index in [2.05, 4.69) is 10.6 Å². The van der Waals surface area contributed by atoms with Crippen molar-refractivity contribution >= 4 is 17.5 Å². The standard InChI is InChI=1S/C15H15FN2O3/c1-10-2-3-12(16)8-13(10)18-14(19)4-6-17-15(20)11-5-7-21-9-11/h2-3,5,7-9H,4,6H2,1H3,(H,17,20)(H,18,19). The average Bonchev–Trinajstić information content (AvgIpc) is 2.97. The summed E-state index contributed by atoms with van der Waals surface area (Å²) in [7, 11) is 0. The van der Waals surface area contributed by atoms with Gasteiger partial charge in [0.05, 0.1) is 11.8 Å². The van der Waals surface area contributed by atoms with Gasteiger partial charge in [0.15, 0.2) is 0 Å². The van der Waals surface area contributed by atoms with E-state index in [1.807, 2.05) is 0 Å². The number of benzene rings is 1. The van der Waals surface area contributed by atoms with Crippen molar-refractivity contribution in [3.8, 4) is 0 Å². The molecule has 110 valence electrons. The first-order chi connectivity index (χ1) is 10.1. The van der Waals surface area contributed by atoms with Crippen molar-refractivity contribution in [2.45, 2.75) is 13.3 Å². The molecular weight excluding hydrogens is 275 g/mol. The summed E-state index contributed by atoms with van der Waals surface area (Å²) in [6.45, 7) is 1.96. The summed E-state index contributed by atoms with van der Waals surface area (Å²) in [5, 5.41) is 5.20. The van der Waals surface area contributed by atoms with Crippen LogP contribution in [-0.4, -0.2) is 18.4 Å².